The molecule has 5 heteroatoms. The molecule has 5 nitrogen and oxygen atoms in total. The van der Waals surface area contributed by atoms with Crippen molar-refractivity contribution in [2.45, 2.75) is 25.6 Å². The summed E-state index contributed by atoms with van der Waals surface area (Å²) in [4.78, 5) is 20.1. The summed E-state index contributed by atoms with van der Waals surface area (Å²) in [6.07, 6.45) is 3.54. The molecule has 0 aliphatic carbocycles. The Morgan fingerprint density at radius 3 is 2.72 bits per heavy atom. The summed E-state index contributed by atoms with van der Waals surface area (Å²) >= 11 is 0. The summed E-state index contributed by atoms with van der Waals surface area (Å²) in [7, 11) is 1.85. The van der Waals surface area contributed by atoms with Crippen molar-refractivity contribution >= 4 is 5.91 Å². The smallest absolute Gasteiger partial charge is 0.241 e. The molecule has 1 amide bonds. The lowest BCUT2D eigenvalue weighted by Crippen LogP contribution is -2.61. The maximum absolute atomic E-state index is 12.2. The molecule has 0 saturated carbocycles. The summed E-state index contributed by atoms with van der Waals surface area (Å²) < 4.78 is 0. The first kappa shape index (κ1) is 13.0. The van der Waals surface area contributed by atoms with E-state index < -0.39 is 0 Å². The number of hydrogen-bond donors (Lipinski definition) is 1. The van der Waals surface area contributed by atoms with Crippen LogP contribution in [0, 0.1) is 0 Å². The zero-order valence-electron chi connectivity index (χ0n) is 10.9. The molecule has 1 aromatic rings. The third kappa shape index (κ3) is 2.52. The minimum Gasteiger partial charge on any atom is -0.340 e. The summed E-state index contributed by atoms with van der Waals surface area (Å²) in [5, 5.41) is 0. The highest BCUT2D eigenvalue weighted by atomic mass is 16.2. The van der Waals surface area contributed by atoms with Crippen LogP contribution in [0.1, 0.15) is 12.5 Å². The van der Waals surface area contributed by atoms with Crippen LogP contribution in [-0.2, 0) is 11.3 Å². The van der Waals surface area contributed by atoms with Gasteiger partial charge in [-0.25, -0.2) is 0 Å². The van der Waals surface area contributed by atoms with E-state index in [2.05, 4.69) is 16.8 Å². The Bertz CT molecular complexity index is 409. The van der Waals surface area contributed by atoms with Crippen molar-refractivity contribution in [2.75, 3.05) is 20.1 Å². The van der Waals surface area contributed by atoms with Gasteiger partial charge in [0.05, 0.1) is 0 Å². The van der Waals surface area contributed by atoms with Gasteiger partial charge in [-0.1, -0.05) is 0 Å². The predicted molar refractivity (Wildman–Crippen MR) is 69.7 cm³/mol. The van der Waals surface area contributed by atoms with E-state index in [0.29, 0.717) is 6.54 Å². The van der Waals surface area contributed by atoms with E-state index in [1.165, 1.54) is 0 Å². The molecule has 1 aliphatic heterocycles. The number of amides is 1. The van der Waals surface area contributed by atoms with Gasteiger partial charge in [-0.3, -0.25) is 14.7 Å². The van der Waals surface area contributed by atoms with Crippen molar-refractivity contribution in [3.63, 3.8) is 0 Å². The highest BCUT2D eigenvalue weighted by Gasteiger charge is 2.35. The monoisotopic (exact) mass is 248 g/mol. The third-order valence-corrected chi connectivity index (χ3v) is 3.59. The average Bonchev–Trinajstić information content (AvgIpc) is 2.38. The topological polar surface area (TPSA) is 62.5 Å². The fraction of sp³-hybridized carbons (Fsp3) is 0.538. The number of rotatable bonds is 3. The first-order chi connectivity index (χ1) is 8.63. The first-order valence-electron chi connectivity index (χ1n) is 6.23. The Balaban J connectivity index is 2.13. The van der Waals surface area contributed by atoms with Crippen LogP contribution in [0.3, 0.4) is 0 Å². The van der Waals surface area contributed by atoms with E-state index in [9.17, 15) is 4.79 Å². The number of aromatic nitrogens is 1. The number of pyridine rings is 1. The average molecular weight is 248 g/mol. The Morgan fingerprint density at radius 2 is 2.11 bits per heavy atom. The molecule has 1 aromatic heterocycles. The van der Waals surface area contributed by atoms with Crippen LogP contribution in [-0.4, -0.2) is 52.9 Å². The van der Waals surface area contributed by atoms with E-state index in [0.717, 1.165) is 18.7 Å². The minimum atomic E-state index is -0.209. The number of piperazine rings is 1. The largest absolute Gasteiger partial charge is 0.340 e. The van der Waals surface area contributed by atoms with E-state index >= 15 is 0 Å². The first-order valence-corrected chi connectivity index (χ1v) is 6.23. The number of hydrogen-bond acceptors (Lipinski definition) is 4. The second kappa shape index (κ2) is 5.46. The molecule has 0 aromatic carbocycles. The maximum atomic E-state index is 12.2. The Kier molecular flexibility index (Phi) is 3.93. The molecule has 2 N–H and O–H groups in total. The summed E-state index contributed by atoms with van der Waals surface area (Å²) in [6.45, 7) is 4.02. The number of likely N-dealkylation sites (N-methyl/N-ethyl adjacent to an activating group) is 1. The van der Waals surface area contributed by atoms with E-state index in [4.69, 9.17) is 5.73 Å². The van der Waals surface area contributed by atoms with Gasteiger partial charge in [0.15, 0.2) is 0 Å². The maximum Gasteiger partial charge on any atom is 0.241 e. The van der Waals surface area contributed by atoms with Crippen molar-refractivity contribution in [3.05, 3.63) is 30.1 Å². The lowest BCUT2D eigenvalue weighted by Gasteiger charge is -2.42. The Morgan fingerprint density at radius 1 is 1.44 bits per heavy atom. The normalized spacial score (nSPS) is 25.5. The van der Waals surface area contributed by atoms with Crippen LogP contribution < -0.4 is 5.73 Å². The molecule has 1 fully saturated rings. The fourth-order valence-electron chi connectivity index (χ4n) is 2.34. The SMILES string of the molecule is CC1CN(Cc2ccncc2)C(CN)C(=O)N1C. The quantitative estimate of drug-likeness (QED) is 0.822. The minimum absolute atomic E-state index is 0.116. The van der Waals surface area contributed by atoms with Gasteiger partial charge in [-0.05, 0) is 24.6 Å². The van der Waals surface area contributed by atoms with Crippen molar-refractivity contribution in [1.82, 2.24) is 14.8 Å². The van der Waals surface area contributed by atoms with Gasteiger partial charge in [0, 0.05) is 45.1 Å². The van der Waals surface area contributed by atoms with Gasteiger partial charge < -0.3 is 10.6 Å². The molecular formula is C13H20N4O. The molecule has 2 rings (SSSR count). The van der Waals surface area contributed by atoms with Gasteiger partial charge in [0.2, 0.25) is 5.91 Å². The second-order valence-corrected chi connectivity index (χ2v) is 4.83. The summed E-state index contributed by atoms with van der Waals surface area (Å²) in [5.41, 5.74) is 6.90. The zero-order chi connectivity index (χ0) is 13.1. The predicted octanol–water partition coefficient (Wildman–Crippen LogP) is 0.0714. The standard InChI is InChI=1S/C13H20N4O/c1-10-8-17(9-11-3-5-15-6-4-11)12(7-14)13(18)16(10)2/h3-6,10,12H,7-9,14H2,1-2H3. The number of carbonyl (C=O) groups is 1. The lowest BCUT2D eigenvalue weighted by molar-refractivity contribution is -0.143. The molecule has 1 aliphatic rings. The van der Waals surface area contributed by atoms with E-state index in [-0.39, 0.29) is 18.0 Å². The van der Waals surface area contributed by atoms with Crippen molar-refractivity contribution in [3.8, 4) is 0 Å². The van der Waals surface area contributed by atoms with Crippen molar-refractivity contribution in [1.29, 1.82) is 0 Å². The van der Waals surface area contributed by atoms with Gasteiger partial charge in [0.1, 0.15) is 6.04 Å². The molecule has 2 atom stereocenters. The van der Waals surface area contributed by atoms with Crippen LogP contribution in [0.5, 0.6) is 0 Å². The lowest BCUT2D eigenvalue weighted by atomic mass is 10.1. The molecule has 0 radical (unpaired) electrons. The molecular weight excluding hydrogens is 228 g/mol. The number of nitrogens with two attached hydrogens (primary N) is 1. The van der Waals surface area contributed by atoms with Crippen molar-refractivity contribution < 1.29 is 4.79 Å². The summed E-state index contributed by atoms with van der Waals surface area (Å²) in [6, 6.07) is 3.96. The number of carbonyl (C=O) groups excluding carboxylic acids is 1. The van der Waals surface area contributed by atoms with Crippen LogP contribution in [0.15, 0.2) is 24.5 Å². The van der Waals surface area contributed by atoms with Crippen molar-refractivity contribution in [2.24, 2.45) is 5.73 Å². The number of nitrogens with zero attached hydrogens (tertiary/aromatic N) is 3. The molecule has 2 unspecified atom stereocenters. The molecule has 98 valence electrons. The van der Waals surface area contributed by atoms with Gasteiger partial charge in [-0.15, -0.1) is 0 Å². The van der Waals surface area contributed by atoms with E-state index in [1.54, 1.807) is 17.3 Å². The molecule has 0 spiro atoms. The van der Waals surface area contributed by atoms with Crippen LogP contribution in [0.2, 0.25) is 0 Å². The van der Waals surface area contributed by atoms with Gasteiger partial charge in [0.25, 0.3) is 0 Å². The van der Waals surface area contributed by atoms with Crippen LogP contribution in [0.4, 0.5) is 0 Å². The van der Waals surface area contributed by atoms with Gasteiger partial charge >= 0.3 is 0 Å². The molecule has 0 bridgehead atoms. The highest BCUT2D eigenvalue weighted by Crippen LogP contribution is 2.17. The molecule has 1 saturated heterocycles. The summed E-state index contributed by atoms with van der Waals surface area (Å²) in [5.74, 6) is 0.116. The Labute approximate surface area is 108 Å². The molecule has 2 heterocycles. The van der Waals surface area contributed by atoms with Crippen LogP contribution in [0.25, 0.3) is 0 Å². The van der Waals surface area contributed by atoms with E-state index in [1.807, 2.05) is 19.2 Å². The fourth-order valence-corrected chi connectivity index (χ4v) is 2.34. The van der Waals surface area contributed by atoms with Crippen LogP contribution >= 0.6 is 0 Å². The zero-order valence-corrected chi connectivity index (χ0v) is 10.9. The highest BCUT2D eigenvalue weighted by molar-refractivity contribution is 5.83. The second-order valence-electron chi connectivity index (χ2n) is 4.83. The van der Waals surface area contributed by atoms with Gasteiger partial charge in [-0.2, -0.15) is 0 Å². The Hall–Kier alpha value is -1.46. The third-order valence-electron chi connectivity index (χ3n) is 3.59. The molecule has 18 heavy (non-hydrogen) atoms.